The predicted molar refractivity (Wildman–Crippen MR) is 53.0 cm³/mol. The first kappa shape index (κ1) is 11.5. The summed E-state index contributed by atoms with van der Waals surface area (Å²) >= 11 is 0. The van der Waals surface area contributed by atoms with E-state index in [9.17, 15) is 4.79 Å². The molecule has 4 heteroatoms. The van der Waals surface area contributed by atoms with Gasteiger partial charge in [-0.05, 0) is 26.7 Å². The van der Waals surface area contributed by atoms with Gasteiger partial charge in [0.1, 0.15) is 5.54 Å². The van der Waals surface area contributed by atoms with E-state index in [4.69, 9.17) is 9.47 Å². The second kappa shape index (κ2) is 4.28. The van der Waals surface area contributed by atoms with Gasteiger partial charge in [-0.1, -0.05) is 0 Å². The third kappa shape index (κ3) is 2.45. The molecule has 14 heavy (non-hydrogen) atoms. The summed E-state index contributed by atoms with van der Waals surface area (Å²) in [5, 5.41) is 3.25. The fourth-order valence-corrected chi connectivity index (χ4v) is 1.70. The van der Waals surface area contributed by atoms with Gasteiger partial charge in [0.2, 0.25) is 0 Å². The molecule has 0 heterocycles. The van der Waals surface area contributed by atoms with Crippen LogP contribution >= 0.6 is 0 Å². The van der Waals surface area contributed by atoms with Crippen LogP contribution in [0.25, 0.3) is 0 Å². The number of nitrogens with one attached hydrogen (secondary N) is 1. The number of esters is 1. The van der Waals surface area contributed by atoms with Crippen molar-refractivity contribution in [1.29, 1.82) is 0 Å². The van der Waals surface area contributed by atoms with E-state index in [-0.39, 0.29) is 5.97 Å². The average Bonchev–Trinajstić information content (AvgIpc) is 2.09. The lowest BCUT2D eigenvalue weighted by Gasteiger charge is -2.39. The Hall–Kier alpha value is -0.610. The summed E-state index contributed by atoms with van der Waals surface area (Å²) in [6, 6.07) is 0.369. The number of hydrogen-bond acceptors (Lipinski definition) is 4. The van der Waals surface area contributed by atoms with Gasteiger partial charge in [0.05, 0.1) is 13.2 Å². The summed E-state index contributed by atoms with van der Waals surface area (Å²) < 4.78 is 9.87. The second-order valence-electron chi connectivity index (χ2n) is 4.29. The highest BCUT2D eigenvalue weighted by Crippen LogP contribution is 2.24. The molecule has 0 saturated heterocycles. The molecule has 0 aromatic heterocycles. The van der Waals surface area contributed by atoms with E-state index in [1.54, 1.807) is 7.11 Å². The van der Waals surface area contributed by atoms with Crippen molar-refractivity contribution in [1.82, 2.24) is 5.32 Å². The van der Waals surface area contributed by atoms with E-state index in [0.29, 0.717) is 12.1 Å². The van der Waals surface area contributed by atoms with Gasteiger partial charge < -0.3 is 9.47 Å². The van der Waals surface area contributed by atoms with E-state index >= 15 is 0 Å². The zero-order valence-corrected chi connectivity index (χ0v) is 9.29. The molecule has 82 valence electrons. The summed E-state index contributed by atoms with van der Waals surface area (Å²) in [5.74, 6) is -0.224. The topological polar surface area (TPSA) is 47.6 Å². The molecule has 0 atom stereocenters. The zero-order valence-electron chi connectivity index (χ0n) is 9.29. The molecule has 4 nitrogen and oxygen atoms in total. The largest absolute Gasteiger partial charge is 0.468 e. The minimum absolute atomic E-state index is 0.224. The molecule has 1 N–H and O–H groups in total. The van der Waals surface area contributed by atoms with E-state index in [2.05, 4.69) is 5.32 Å². The molecule has 1 rings (SSSR count). The van der Waals surface area contributed by atoms with Gasteiger partial charge in [0.25, 0.3) is 0 Å². The summed E-state index contributed by atoms with van der Waals surface area (Å²) in [5.41, 5.74) is -0.599. The molecule has 1 aliphatic rings. The Kier molecular flexibility index (Phi) is 3.50. The SMILES string of the molecule is COC(=O)C(C)(C)NC1CC(OC)C1. The van der Waals surface area contributed by atoms with Gasteiger partial charge in [-0.25, -0.2) is 0 Å². The van der Waals surface area contributed by atoms with Crippen molar-refractivity contribution < 1.29 is 14.3 Å². The molecule has 1 saturated carbocycles. The number of ether oxygens (including phenoxy) is 2. The fourth-order valence-electron chi connectivity index (χ4n) is 1.70. The molecule has 0 unspecified atom stereocenters. The smallest absolute Gasteiger partial charge is 0.325 e. The van der Waals surface area contributed by atoms with Gasteiger partial charge in [0.15, 0.2) is 0 Å². The van der Waals surface area contributed by atoms with Crippen molar-refractivity contribution in [2.75, 3.05) is 14.2 Å². The van der Waals surface area contributed by atoms with Crippen LogP contribution in [-0.2, 0) is 14.3 Å². The van der Waals surface area contributed by atoms with Crippen LogP contribution in [0, 0.1) is 0 Å². The Morgan fingerprint density at radius 2 is 1.93 bits per heavy atom. The monoisotopic (exact) mass is 201 g/mol. The van der Waals surface area contributed by atoms with E-state index < -0.39 is 5.54 Å². The Labute approximate surface area is 85.0 Å². The average molecular weight is 201 g/mol. The van der Waals surface area contributed by atoms with Gasteiger partial charge >= 0.3 is 5.97 Å². The van der Waals surface area contributed by atoms with E-state index in [0.717, 1.165) is 12.8 Å². The quantitative estimate of drug-likeness (QED) is 0.680. The van der Waals surface area contributed by atoms with Crippen LogP contribution in [0.15, 0.2) is 0 Å². The van der Waals surface area contributed by atoms with Crippen molar-refractivity contribution in [2.45, 2.75) is 44.4 Å². The number of carbonyl (C=O) groups is 1. The van der Waals surface area contributed by atoms with Gasteiger partial charge in [-0.2, -0.15) is 0 Å². The third-order valence-corrected chi connectivity index (χ3v) is 2.69. The van der Waals surface area contributed by atoms with Crippen LogP contribution in [0.4, 0.5) is 0 Å². The number of methoxy groups -OCH3 is 2. The summed E-state index contributed by atoms with van der Waals surface area (Å²) in [7, 11) is 3.12. The van der Waals surface area contributed by atoms with Crippen molar-refractivity contribution in [3.8, 4) is 0 Å². The molecule has 0 bridgehead atoms. The minimum atomic E-state index is -0.599. The standard InChI is InChI=1S/C10H19NO3/c1-10(2,9(12)14-4)11-7-5-8(6-7)13-3/h7-8,11H,5-6H2,1-4H3. The fraction of sp³-hybridized carbons (Fsp3) is 0.900. The molecule has 1 aliphatic carbocycles. The summed E-state index contributed by atoms with van der Waals surface area (Å²) in [4.78, 5) is 11.3. The Morgan fingerprint density at radius 3 is 2.36 bits per heavy atom. The van der Waals surface area contributed by atoms with Crippen molar-refractivity contribution in [3.05, 3.63) is 0 Å². The predicted octanol–water partition coefficient (Wildman–Crippen LogP) is 0.705. The van der Waals surface area contributed by atoms with Crippen LogP contribution in [-0.4, -0.2) is 37.9 Å². The molecule has 0 amide bonds. The second-order valence-corrected chi connectivity index (χ2v) is 4.29. The summed E-state index contributed by atoms with van der Waals surface area (Å²) in [6.45, 7) is 3.66. The Balaban J connectivity index is 2.34. The maximum Gasteiger partial charge on any atom is 0.325 e. The van der Waals surface area contributed by atoms with Crippen LogP contribution < -0.4 is 5.32 Å². The molecule has 0 aromatic rings. The maximum atomic E-state index is 11.3. The van der Waals surface area contributed by atoms with Gasteiger partial charge in [0, 0.05) is 13.2 Å². The number of rotatable bonds is 4. The Morgan fingerprint density at radius 1 is 1.36 bits per heavy atom. The lowest BCUT2D eigenvalue weighted by Crippen LogP contribution is -2.57. The first-order valence-electron chi connectivity index (χ1n) is 4.88. The first-order valence-corrected chi connectivity index (χ1v) is 4.88. The van der Waals surface area contributed by atoms with Crippen LogP contribution in [0.1, 0.15) is 26.7 Å². The normalized spacial score (nSPS) is 26.9. The van der Waals surface area contributed by atoms with Crippen molar-refractivity contribution >= 4 is 5.97 Å². The van der Waals surface area contributed by atoms with Crippen LogP contribution in [0.3, 0.4) is 0 Å². The third-order valence-electron chi connectivity index (χ3n) is 2.69. The molecular formula is C10H19NO3. The minimum Gasteiger partial charge on any atom is -0.468 e. The van der Waals surface area contributed by atoms with Crippen molar-refractivity contribution in [3.63, 3.8) is 0 Å². The van der Waals surface area contributed by atoms with E-state index in [1.807, 2.05) is 13.8 Å². The molecule has 0 radical (unpaired) electrons. The Bertz CT molecular complexity index is 209. The molecule has 0 aromatic carbocycles. The van der Waals surface area contributed by atoms with Gasteiger partial charge in [-0.3, -0.25) is 10.1 Å². The zero-order chi connectivity index (χ0) is 10.8. The van der Waals surface area contributed by atoms with E-state index in [1.165, 1.54) is 7.11 Å². The number of hydrogen-bond donors (Lipinski definition) is 1. The molecule has 1 fully saturated rings. The van der Waals surface area contributed by atoms with Crippen molar-refractivity contribution in [2.24, 2.45) is 0 Å². The highest BCUT2D eigenvalue weighted by Gasteiger charge is 2.37. The molecule has 0 aliphatic heterocycles. The van der Waals surface area contributed by atoms with Crippen LogP contribution in [0.2, 0.25) is 0 Å². The maximum absolute atomic E-state index is 11.3. The first-order chi connectivity index (χ1) is 6.49. The lowest BCUT2D eigenvalue weighted by molar-refractivity contribution is -0.148. The molecule has 0 spiro atoms. The number of carbonyl (C=O) groups excluding carboxylic acids is 1. The highest BCUT2D eigenvalue weighted by atomic mass is 16.5. The highest BCUT2D eigenvalue weighted by molar-refractivity contribution is 5.79. The summed E-state index contributed by atoms with van der Waals surface area (Å²) in [6.07, 6.45) is 2.29. The van der Waals surface area contributed by atoms with Gasteiger partial charge in [-0.15, -0.1) is 0 Å². The lowest BCUT2D eigenvalue weighted by atomic mass is 9.87. The molecular weight excluding hydrogens is 182 g/mol. The van der Waals surface area contributed by atoms with Crippen LogP contribution in [0.5, 0.6) is 0 Å².